The highest BCUT2D eigenvalue weighted by Crippen LogP contribution is 2.37. The van der Waals surface area contributed by atoms with Crippen LogP contribution in [0.3, 0.4) is 0 Å². The van der Waals surface area contributed by atoms with Crippen molar-refractivity contribution in [3.05, 3.63) is 82.5 Å². The molecule has 2 fully saturated rings. The summed E-state index contributed by atoms with van der Waals surface area (Å²) in [6, 6.07) is 10.9. The van der Waals surface area contributed by atoms with E-state index in [1.54, 1.807) is 71.9 Å². The van der Waals surface area contributed by atoms with Crippen LogP contribution in [-0.2, 0) is 32.2 Å². The molecule has 2 amide bonds. The summed E-state index contributed by atoms with van der Waals surface area (Å²) in [7, 11) is -1.04. The van der Waals surface area contributed by atoms with Gasteiger partial charge < -0.3 is 39.2 Å². The van der Waals surface area contributed by atoms with Crippen LogP contribution in [0.4, 0.5) is 8.78 Å². The number of carbonyl (C=O) groups is 4. The summed E-state index contributed by atoms with van der Waals surface area (Å²) in [5.41, 5.74) is 2.81. The Morgan fingerprint density at radius 3 is 1.68 bits per heavy atom. The number of hydrogen-bond donors (Lipinski definition) is 3. The van der Waals surface area contributed by atoms with E-state index in [0.29, 0.717) is 60.0 Å². The van der Waals surface area contributed by atoms with Gasteiger partial charge in [0.1, 0.15) is 35.9 Å². The van der Waals surface area contributed by atoms with Crippen LogP contribution in [0.15, 0.2) is 60.2 Å². The summed E-state index contributed by atoms with van der Waals surface area (Å²) >= 11 is 0. The number of benzene rings is 2. The third-order valence-corrected chi connectivity index (χ3v) is 9.00. The molecule has 0 atom stereocenters. The number of fused-ring (bicyclic) bond motifs is 2. The summed E-state index contributed by atoms with van der Waals surface area (Å²) in [6.45, 7) is 11.9. The van der Waals surface area contributed by atoms with E-state index < -0.39 is 18.3 Å². The third-order valence-electron chi connectivity index (χ3n) is 9.00. The first-order valence-corrected chi connectivity index (χ1v) is 19.3. The molecule has 0 bridgehead atoms. The highest BCUT2D eigenvalue weighted by molar-refractivity contribution is 6.44. The fourth-order valence-electron chi connectivity index (χ4n) is 5.76. The highest BCUT2D eigenvalue weighted by Gasteiger charge is 2.38. The number of halogens is 2. The maximum Gasteiger partial charge on any atom is 0.454 e. The summed E-state index contributed by atoms with van der Waals surface area (Å²) in [5.74, 6) is 0.615. The maximum atomic E-state index is 13.1. The van der Waals surface area contributed by atoms with Crippen LogP contribution < -0.4 is 14.8 Å². The van der Waals surface area contributed by atoms with Gasteiger partial charge >= 0.3 is 19.1 Å². The Hall–Kier alpha value is -4.76. The number of hydrogen-bond acceptors (Lipinski definition) is 10. The van der Waals surface area contributed by atoms with Gasteiger partial charge in [-0.1, -0.05) is 12.8 Å². The van der Waals surface area contributed by atoms with E-state index in [0.717, 1.165) is 42.4 Å². The number of rotatable bonds is 14. The van der Waals surface area contributed by atoms with Crippen molar-refractivity contribution in [1.82, 2.24) is 10.2 Å². The van der Waals surface area contributed by atoms with E-state index >= 15 is 0 Å². The van der Waals surface area contributed by atoms with Gasteiger partial charge in [0.15, 0.2) is 0 Å². The van der Waals surface area contributed by atoms with Crippen molar-refractivity contribution < 1.29 is 57.0 Å². The van der Waals surface area contributed by atoms with Crippen LogP contribution in [0.2, 0.25) is 5.82 Å². The van der Waals surface area contributed by atoms with Crippen molar-refractivity contribution >= 4 is 30.9 Å². The van der Waals surface area contributed by atoms with Crippen molar-refractivity contribution in [2.24, 2.45) is 0 Å². The van der Waals surface area contributed by atoms with Gasteiger partial charge in [-0.3, -0.25) is 19.2 Å². The van der Waals surface area contributed by atoms with Crippen LogP contribution in [-0.4, -0.2) is 76.3 Å². The number of ether oxygens (including phenoxy) is 4. The molecule has 0 aromatic heterocycles. The minimum Gasteiger partial charge on any atom is -0.489 e. The van der Waals surface area contributed by atoms with Crippen molar-refractivity contribution in [2.45, 2.75) is 129 Å². The Bertz CT molecular complexity index is 1810. The molecule has 2 saturated carbocycles. The molecule has 2 aromatic carbocycles. The van der Waals surface area contributed by atoms with Crippen LogP contribution >= 0.6 is 0 Å². The van der Waals surface area contributed by atoms with Crippen molar-refractivity contribution in [1.29, 1.82) is 0 Å². The summed E-state index contributed by atoms with van der Waals surface area (Å²) in [5, 5.41) is 19.2. The zero-order valence-electron chi connectivity index (χ0n) is 33.7. The van der Waals surface area contributed by atoms with Gasteiger partial charge in [-0.05, 0) is 132 Å². The van der Waals surface area contributed by atoms with Crippen molar-refractivity contribution in [3.8, 4) is 11.5 Å². The molecule has 15 heteroatoms. The minimum absolute atomic E-state index is 0.0411. The molecular formula is C42H55BF2N2O10. The zero-order chi connectivity index (χ0) is 41.9. The molecule has 0 saturated heterocycles. The molecule has 2 aliphatic heterocycles. The van der Waals surface area contributed by atoms with Crippen LogP contribution in [0.5, 0.6) is 11.5 Å². The maximum absolute atomic E-state index is 13.1. The van der Waals surface area contributed by atoms with Gasteiger partial charge in [0.2, 0.25) is 0 Å². The zero-order valence-corrected chi connectivity index (χ0v) is 33.7. The molecule has 3 N–H and O–H groups in total. The first kappa shape index (κ1) is 45.0. The molecule has 57 heavy (non-hydrogen) atoms. The summed E-state index contributed by atoms with van der Waals surface area (Å²) < 4.78 is 47.7. The van der Waals surface area contributed by atoms with E-state index in [4.69, 9.17) is 29.0 Å². The predicted molar refractivity (Wildman–Crippen MR) is 210 cm³/mol. The van der Waals surface area contributed by atoms with Crippen LogP contribution in [0.25, 0.3) is 0 Å². The average molecular weight is 797 g/mol. The Balaban J connectivity index is 0.000000221. The smallest absolute Gasteiger partial charge is 0.454 e. The Labute approximate surface area is 333 Å². The molecule has 2 aliphatic carbocycles. The second-order valence-electron chi connectivity index (χ2n) is 16.5. The molecule has 6 rings (SSSR count). The quantitative estimate of drug-likeness (QED) is 0.133. The lowest BCUT2D eigenvalue weighted by Crippen LogP contribution is -2.25. The van der Waals surface area contributed by atoms with E-state index in [9.17, 15) is 28.0 Å². The van der Waals surface area contributed by atoms with Gasteiger partial charge in [0.25, 0.3) is 11.8 Å². The van der Waals surface area contributed by atoms with Gasteiger partial charge in [0.05, 0.1) is 12.7 Å². The third kappa shape index (κ3) is 15.3. The molecule has 4 aliphatic rings. The standard InChI is InChI=1S/C21H26FNO4.C18H22FNO4.C3H7BO2/c1-21(2,3)27-19(24)9-4-14(11-22)13-26-17-7-8-18-15(10-17)12-23(20(18)25)16-5-6-16;1-18(2,3)24-16(21)7-4-12(9-19)11-23-14-5-6-15-13(8-14)10-20-17(15)22;5-4(6)3-1-2-3/h7-8,10-11,16H,4-6,9,12-13H2,1-3H3;5-6,8-9H,4,7,10-11H2,1-3H3,(H,20,22);3,5-6H,1-2H2/b14-11-;12-9-;. The lowest BCUT2D eigenvalue weighted by atomic mass is 9.84. The van der Waals surface area contributed by atoms with Crippen LogP contribution in [0.1, 0.15) is 125 Å². The normalized spacial score (nSPS) is 16.3. The molecule has 2 heterocycles. The minimum atomic E-state index is -1.04. The molecule has 310 valence electrons. The lowest BCUT2D eigenvalue weighted by Gasteiger charge is -2.19. The topological polar surface area (TPSA) is 161 Å². The number of carbonyl (C=O) groups excluding carboxylic acids is 4. The predicted octanol–water partition coefficient (Wildman–Crippen LogP) is 7.07. The lowest BCUT2D eigenvalue weighted by molar-refractivity contribution is -0.155. The van der Waals surface area contributed by atoms with Crippen molar-refractivity contribution in [2.75, 3.05) is 13.2 Å². The summed E-state index contributed by atoms with van der Waals surface area (Å²) in [4.78, 5) is 49.1. The SMILES string of the molecule is CC(C)(C)OC(=O)CC/C(=C/F)COc1ccc2c(c1)CN(C1CC1)C2=O.CC(C)(C)OC(=O)CC/C(=C/F)COc1ccc2c(c1)CNC2=O.OB(O)C1CC1. The molecular weight excluding hydrogens is 741 g/mol. The molecule has 0 radical (unpaired) electrons. The van der Waals surface area contributed by atoms with Gasteiger partial charge in [0, 0.05) is 43.1 Å². The number of nitrogens with zero attached hydrogens (tertiary/aromatic N) is 1. The average Bonchev–Trinajstić information content (AvgIpc) is 4.08. The van der Waals surface area contributed by atoms with Crippen molar-refractivity contribution in [3.63, 3.8) is 0 Å². The number of amides is 2. The molecule has 0 spiro atoms. The van der Waals surface area contributed by atoms with Gasteiger partial charge in [-0.2, -0.15) is 0 Å². The monoisotopic (exact) mass is 796 g/mol. The second-order valence-corrected chi connectivity index (χ2v) is 16.5. The second kappa shape index (κ2) is 20.1. The first-order valence-electron chi connectivity index (χ1n) is 19.3. The number of esters is 2. The Morgan fingerprint density at radius 1 is 0.772 bits per heavy atom. The van der Waals surface area contributed by atoms with E-state index in [1.165, 1.54) is 0 Å². The fraction of sp³-hybridized carbons (Fsp3) is 0.524. The molecule has 12 nitrogen and oxygen atoms in total. The van der Waals surface area contributed by atoms with Gasteiger partial charge in [-0.25, -0.2) is 8.78 Å². The van der Waals surface area contributed by atoms with E-state index in [-0.39, 0.29) is 68.5 Å². The Morgan fingerprint density at radius 2 is 1.26 bits per heavy atom. The first-order chi connectivity index (χ1) is 26.8. The Kier molecular flexibility index (Phi) is 15.8. The summed E-state index contributed by atoms with van der Waals surface area (Å²) in [6.07, 6.45) is 5.76. The largest absolute Gasteiger partial charge is 0.489 e. The van der Waals surface area contributed by atoms with Gasteiger partial charge in [-0.15, -0.1) is 0 Å². The fourth-order valence-corrected chi connectivity index (χ4v) is 5.76. The number of nitrogens with one attached hydrogen (secondary N) is 1. The van der Waals surface area contributed by atoms with Crippen LogP contribution in [0, 0.1) is 0 Å². The molecule has 0 unspecified atom stereocenters. The van der Waals surface area contributed by atoms with E-state index in [1.807, 2.05) is 11.0 Å². The van der Waals surface area contributed by atoms with E-state index in [2.05, 4.69) is 5.32 Å². The highest BCUT2D eigenvalue weighted by atomic mass is 19.1. The molecule has 2 aromatic rings.